The molecular weight excluding hydrogens is 288 g/mol. The molecule has 1 aromatic heterocycles. The number of nitrogens with one attached hydrogen (secondary N) is 2. The molecule has 0 aromatic carbocycles. The van der Waals surface area contributed by atoms with Crippen LogP contribution in [0.5, 0.6) is 0 Å². The third-order valence-electron chi connectivity index (χ3n) is 3.52. The smallest absolute Gasteiger partial charge is 0.276 e. The summed E-state index contributed by atoms with van der Waals surface area (Å²) in [6, 6.07) is 3.35. The Morgan fingerprint density at radius 2 is 2.14 bits per heavy atom. The number of rotatable bonds is 7. The van der Waals surface area contributed by atoms with Gasteiger partial charge in [0.1, 0.15) is 11.6 Å². The van der Waals surface area contributed by atoms with Crippen LogP contribution in [-0.2, 0) is 0 Å². The number of hydrogen-bond acceptors (Lipinski definition) is 6. The first-order chi connectivity index (χ1) is 10.1. The molecule has 2 atom stereocenters. The van der Waals surface area contributed by atoms with E-state index in [2.05, 4.69) is 22.5 Å². The van der Waals surface area contributed by atoms with Gasteiger partial charge in [-0.15, -0.1) is 0 Å². The van der Waals surface area contributed by atoms with Crippen molar-refractivity contribution in [3.8, 4) is 0 Å². The Kier molecular flexibility index (Phi) is 5.67. The molecule has 0 bridgehead atoms. The van der Waals surface area contributed by atoms with Crippen molar-refractivity contribution in [3.63, 3.8) is 0 Å². The van der Waals surface area contributed by atoms with Crippen LogP contribution in [0.2, 0.25) is 0 Å². The summed E-state index contributed by atoms with van der Waals surface area (Å²) in [6.45, 7) is 4.81. The summed E-state index contributed by atoms with van der Waals surface area (Å²) in [4.78, 5) is 15.0. The van der Waals surface area contributed by atoms with Gasteiger partial charge in [0.25, 0.3) is 5.69 Å². The van der Waals surface area contributed by atoms with Crippen LogP contribution in [0.1, 0.15) is 33.1 Å². The molecule has 1 aliphatic carbocycles. The molecule has 0 radical (unpaired) electrons. The minimum absolute atomic E-state index is 0.0703. The highest BCUT2D eigenvalue weighted by molar-refractivity contribution is 7.99. The van der Waals surface area contributed by atoms with Gasteiger partial charge in [0.2, 0.25) is 0 Å². The van der Waals surface area contributed by atoms with Crippen LogP contribution >= 0.6 is 11.8 Å². The fourth-order valence-corrected chi connectivity index (χ4v) is 3.78. The predicted molar refractivity (Wildman–Crippen MR) is 88.2 cm³/mol. The number of anilines is 2. The van der Waals surface area contributed by atoms with E-state index in [0.717, 1.165) is 18.6 Å². The van der Waals surface area contributed by atoms with Gasteiger partial charge in [-0.2, -0.15) is 11.8 Å². The molecule has 0 saturated heterocycles. The minimum atomic E-state index is -0.377. The van der Waals surface area contributed by atoms with Gasteiger partial charge in [-0.3, -0.25) is 10.1 Å². The summed E-state index contributed by atoms with van der Waals surface area (Å²) in [7, 11) is 0. The standard InChI is InChI=1S/C14H22N4O2S/c1-3-15-13-8-11(18(19)20)9-14(17-13)16-10-5-6-12(7-10)21-4-2/h8-10,12H,3-7H2,1-2H3,(H2,15,16,17). The first-order valence-corrected chi connectivity index (χ1v) is 8.45. The molecule has 1 fully saturated rings. The zero-order chi connectivity index (χ0) is 15.2. The molecule has 2 rings (SSSR count). The van der Waals surface area contributed by atoms with E-state index >= 15 is 0 Å². The summed E-state index contributed by atoms with van der Waals surface area (Å²) in [5, 5.41) is 18.1. The van der Waals surface area contributed by atoms with Crippen molar-refractivity contribution in [2.45, 2.75) is 44.4 Å². The molecule has 1 saturated carbocycles. The van der Waals surface area contributed by atoms with Crippen LogP contribution in [0.3, 0.4) is 0 Å². The van der Waals surface area contributed by atoms with Crippen molar-refractivity contribution in [1.29, 1.82) is 0 Å². The molecule has 7 heteroatoms. The zero-order valence-corrected chi connectivity index (χ0v) is 13.3. The molecule has 2 unspecified atom stereocenters. The highest BCUT2D eigenvalue weighted by Gasteiger charge is 2.25. The molecule has 116 valence electrons. The zero-order valence-electron chi connectivity index (χ0n) is 12.5. The summed E-state index contributed by atoms with van der Waals surface area (Å²) in [5.74, 6) is 2.27. The lowest BCUT2D eigenvalue weighted by Gasteiger charge is -2.14. The second kappa shape index (κ2) is 7.49. The lowest BCUT2D eigenvalue weighted by Crippen LogP contribution is -2.17. The van der Waals surface area contributed by atoms with Gasteiger partial charge in [0.15, 0.2) is 0 Å². The molecule has 1 aromatic rings. The van der Waals surface area contributed by atoms with Gasteiger partial charge in [0.05, 0.1) is 17.1 Å². The number of aromatic nitrogens is 1. The first kappa shape index (κ1) is 15.9. The van der Waals surface area contributed by atoms with Gasteiger partial charge >= 0.3 is 0 Å². The first-order valence-electron chi connectivity index (χ1n) is 7.40. The second-order valence-electron chi connectivity index (χ2n) is 5.11. The highest BCUT2D eigenvalue weighted by Crippen LogP contribution is 2.32. The van der Waals surface area contributed by atoms with Crippen LogP contribution in [0, 0.1) is 10.1 Å². The van der Waals surface area contributed by atoms with E-state index in [-0.39, 0.29) is 10.6 Å². The molecule has 2 N–H and O–H groups in total. The van der Waals surface area contributed by atoms with Crippen molar-refractivity contribution in [1.82, 2.24) is 4.98 Å². The maximum Gasteiger partial charge on any atom is 0.276 e. The second-order valence-corrected chi connectivity index (χ2v) is 6.69. The number of hydrogen-bond donors (Lipinski definition) is 2. The van der Waals surface area contributed by atoms with E-state index in [1.54, 1.807) is 0 Å². The van der Waals surface area contributed by atoms with Crippen molar-refractivity contribution in [2.24, 2.45) is 0 Å². The lowest BCUT2D eigenvalue weighted by molar-refractivity contribution is -0.384. The number of nitrogens with zero attached hydrogens (tertiary/aromatic N) is 2. The molecule has 21 heavy (non-hydrogen) atoms. The Balaban J connectivity index is 2.07. The van der Waals surface area contributed by atoms with Crippen molar-refractivity contribution in [2.75, 3.05) is 22.9 Å². The molecule has 1 aliphatic rings. The third kappa shape index (κ3) is 4.49. The van der Waals surface area contributed by atoms with Crippen LogP contribution < -0.4 is 10.6 Å². The summed E-state index contributed by atoms with van der Waals surface area (Å²) < 4.78 is 0. The van der Waals surface area contributed by atoms with E-state index in [0.29, 0.717) is 29.5 Å². The van der Waals surface area contributed by atoms with Gasteiger partial charge in [-0.1, -0.05) is 6.92 Å². The lowest BCUT2D eigenvalue weighted by atomic mass is 10.2. The van der Waals surface area contributed by atoms with E-state index in [4.69, 9.17) is 0 Å². The Morgan fingerprint density at radius 1 is 1.38 bits per heavy atom. The van der Waals surface area contributed by atoms with E-state index < -0.39 is 0 Å². The molecule has 0 aliphatic heterocycles. The van der Waals surface area contributed by atoms with E-state index in [1.165, 1.54) is 18.6 Å². The maximum absolute atomic E-state index is 11.0. The monoisotopic (exact) mass is 310 g/mol. The SMILES string of the molecule is CCNc1cc([N+](=O)[O-])cc(NC2CCC(SCC)C2)n1. The Morgan fingerprint density at radius 3 is 2.81 bits per heavy atom. The largest absolute Gasteiger partial charge is 0.370 e. The summed E-state index contributed by atoms with van der Waals surface area (Å²) >= 11 is 1.99. The van der Waals surface area contributed by atoms with Crippen LogP contribution in [0.15, 0.2) is 12.1 Å². The maximum atomic E-state index is 11.0. The van der Waals surface area contributed by atoms with Crippen LogP contribution in [-0.4, -0.2) is 33.5 Å². The molecular formula is C14H22N4O2S. The minimum Gasteiger partial charge on any atom is -0.370 e. The average molecular weight is 310 g/mol. The summed E-state index contributed by atoms with van der Waals surface area (Å²) in [5.41, 5.74) is 0.0703. The van der Waals surface area contributed by atoms with Crippen LogP contribution in [0.25, 0.3) is 0 Å². The number of pyridine rings is 1. The average Bonchev–Trinajstić information content (AvgIpc) is 2.86. The third-order valence-corrected chi connectivity index (χ3v) is 4.75. The van der Waals surface area contributed by atoms with Gasteiger partial charge in [0, 0.05) is 17.8 Å². The summed E-state index contributed by atoms with van der Waals surface area (Å²) in [6.07, 6.45) is 3.39. The van der Waals surface area contributed by atoms with Crippen molar-refractivity contribution < 1.29 is 4.92 Å². The molecule has 0 spiro atoms. The Hall–Kier alpha value is -1.50. The topological polar surface area (TPSA) is 80.1 Å². The Labute approximate surface area is 129 Å². The molecule has 0 amide bonds. The van der Waals surface area contributed by atoms with Crippen molar-refractivity contribution >= 4 is 29.1 Å². The predicted octanol–water partition coefficient (Wildman–Crippen LogP) is 3.51. The fourth-order valence-electron chi connectivity index (χ4n) is 2.63. The van der Waals surface area contributed by atoms with E-state index in [1.807, 2.05) is 18.7 Å². The van der Waals surface area contributed by atoms with Gasteiger partial charge < -0.3 is 10.6 Å². The normalized spacial score (nSPS) is 21.2. The fraction of sp³-hybridized carbons (Fsp3) is 0.643. The molecule has 1 heterocycles. The quantitative estimate of drug-likeness (QED) is 0.592. The number of thioether (sulfide) groups is 1. The van der Waals surface area contributed by atoms with Crippen molar-refractivity contribution in [3.05, 3.63) is 22.2 Å². The number of nitro groups is 1. The van der Waals surface area contributed by atoms with Crippen LogP contribution in [0.4, 0.5) is 17.3 Å². The van der Waals surface area contributed by atoms with Gasteiger partial charge in [-0.25, -0.2) is 4.98 Å². The Bertz CT molecular complexity index is 498. The van der Waals surface area contributed by atoms with E-state index in [9.17, 15) is 10.1 Å². The highest BCUT2D eigenvalue weighted by atomic mass is 32.2. The molecule has 6 nitrogen and oxygen atoms in total. The van der Waals surface area contributed by atoms with Gasteiger partial charge in [-0.05, 0) is 31.9 Å².